The molecule has 22 heavy (non-hydrogen) atoms. The summed E-state index contributed by atoms with van der Waals surface area (Å²) < 4.78 is 1.58. The van der Waals surface area contributed by atoms with E-state index in [1.54, 1.807) is 31.2 Å². The van der Waals surface area contributed by atoms with Crippen LogP contribution in [0.4, 0.5) is 0 Å². The van der Waals surface area contributed by atoms with E-state index in [2.05, 4.69) is 21.0 Å². The lowest BCUT2D eigenvalue weighted by atomic mass is 10.2. The molecule has 1 aromatic carbocycles. The number of aromatic nitrogens is 2. The van der Waals surface area contributed by atoms with Crippen LogP contribution in [0.5, 0.6) is 0 Å². The van der Waals surface area contributed by atoms with E-state index in [1.165, 1.54) is 34.9 Å². The van der Waals surface area contributed by atoms with Crippen LogP contribution < -0.4 is 10.9 Å². The Hall–Kier alpha value is -1.58. The second kappa shape index (κ2) is 8.16. The van der Waals surface area contributed by atoms with Gasteiger partial charge in [-0.3, -0.25) is 20.4 Å². The fourth-order valence-corrected chi connectivity index (χ4v) is 4.00. The molecular weight excluding hydrogens is 340 g/mol. The molecule has 0 saturated carbocycles. The molecule has 1 aromatic heterocycles. The number of carbonyl (C=O) groups is 2. The molecule has 0 aliphatic carbocycles. The quantitative estimate of drug-likeness (QED) is 0.633. The van der Waals surface area contributed by atoms with E-state index in [0.717, 1.165) is 8.68 Å². The van der Waals surface area contributed by atoms with E-state index in [-0.39, 0.29) is 11.8 Å². The lowest BCUT2D eigenvalue weighted by molar-refractivity contribution is -0.121. The average Bonchev–Trinajstić information content (AvgIpc) is 3.00. The van der Waals surface area contributed by atoms with E-state index in [0.29, 0.717) is 5.56 Å². The molecule has 116 valence electrons. The van der Waals surface area contributed by atoms with Gasteiger partial charge in [0.2, 0.25) is 0 Å². The van der Waals surface area contributed by atoms with Gasteiger partial charge in [-0.15, -0.1) is 10.2 Å². The number of hydrazine groups is 1. The van der Waals surface area contributed by atoms with Crippen LogP contribution in [0.3, 0.4) is 0 Å². The number of amides is 2. The Labute approximate surface area is 140 Å². The zero-order chi connectivity index (χ0) is 15.9. The minimum Gasteiger partial charge on any atom is -0.272 e. The summed E-state index contributed by atoms with van der Waals surface area (Å²) in [5, 5.41) is 7.58. The van der Waals surface area contributed by atoms with Gasteiger partial charge in [-0.25, -0.2) is 0 Å². The third-order valence-electron chi connectivity index (χ3n) is 2.54. The van der Waals surface area contributed by atoms with Gasteiger partial charge in [0.1, 0.15) is 0 Å². The monoisotopic (exact) mass is 354 g/mol. The Morgan fingerprint density at radius 2 is 1.82 bits per heavy atom. The molecule has 2 amide bonds. The summed E-state index contributed by atoms with van der Waals surface area (Å²) in [4.78, 5) is 23.8. The summed E-state index contributed by atoms with van der Waals surface area (Å²) in [6, 6.07) is 8.68. The molecule has 0 fully saturated rings. The fourth-order valence-electron chi connectivity index (χ4n) is 1.41. The number of hydrogen-bond donors (Lipinski definition) is 2. The summed E-state index contributed by atoms with van der Waals surface area (Å²) >= 11 is 4.25. The molecule has 2 rings (SSSR count). The summed E-state index contributed by atoms with van der Waals surface area (Å²) in [6.07, 6.45) is 1.92. The number of thioether (sulfide) groups is 2. The van der Waals surface area contributed by atoms with Crippen molar-refractivity contribution >= 4 is 46.7 Å². The Kier molecular flexibility index (Phi) is 6.22. The van der Waals surface area contributed by atoms with Gasteiger partial charge in [0.25, 0.3) is 11.8 Å². The van der Waals surface area contributed by atoms with Gasteiger partial charge >= 0.3 is 0 Å². The summed E-state index contributed by atoms with van der Waals surface area (Å²) in [5.74, 6) is -0.651. The number of nitrogens with zero attached hydrogens (tertiary/aromatic N) is 2. The van der Waals surface area contributed by atoms with Crippen LogP contribution in [-0.2, 0) is 4.79 Å². The predicted octanol–water partition coefficient (Wildman–Crippen LogP) is 2.20. The highest BCUT2D eigenvalue weighted by atomic mass is 32.2. The molecule has 1 heterocycles. The summed E-state index contributed by atoms with van der Waals surface area (Å²) in [7, 11) is 0. The maximum absolute atomic E-state index is 12.0. The molecule has 0 unspecified atom stereocenters. The number of benzene rings is 1. The molecule has 0 saturated heterocycles. The minimum atomic E-state index is -0.390. The lowest BCUT2D eigenvalue weighted by Crippen LogP contribution is -2.44. The summed E-state index contributed by atoms with van der Waals surface area (Å²) in [6.45, 7) is 1.74. The van der Waals surface area contributed by atoms with Crippen molar-refractivity contribution in [1.29, 1.82) is 0 Å². The van der Waals surface area contributed by atoms with E-state index in [1.807, 2.05) is 12.3 Å². The molecule has 0 bridgehead atoms. The Morgan fingerprint density at radius 1 is 1.14 bits per heavy atom. The highest BCUT2D eigenvalue weighted by Gasteiger charge is 2.17. The molecule has 9 heteroatoms. The largest absolute Gasteiger partial charge is 0.272 e. The van der Waals surface area contributed by atoms with Crippen LogP contribution in [0.2, 0.25) is 0 Å². The zero-order valence-corrected chi connectivity index (χ0v) is 14.3. The van der Waals surface area contributed by atoms with Crippen LogP contribution in [0.1, 0.15) is 17.3 Å². The molecule has 1 atom stereocenters. The van der Waals surface area contributed by atoms with Crippen molar-refractivity contribution in [3.63, 3.8) is 0 Å². The first-order valence-electron chi connectivity index (χ1n) is 6.29. The molecule has 2 aromatic rings. The van der Waals surface area contributed by atoms with E-state index < -0.39 is 5.25 Å². The van der Waals surface area contributed by atoms with Crippen LogP contribution in [0.25, 0.3) is 0 Å². The van der Waals surface area contributed by atoms with E-state index in [4.69, 9.17) is 0 Å². The first-order valence-corrected chi connectivity index (χ1v) is 9.21. The number of hydrogen-bond acceptors (Lipinski definition) is 7. The van der Waals surface area contributed by atoms with Crippen LogP contribution >= 0.6 is 34.9 Å². The first kappa shape index (κ1) is 16.8. The van der Waals surface area contributed by atoms with Crippen molar-refractivity contribution in [3.8, 4) is 0 Å². The third-order valence-corrected chi connectivity index (χ3v) is 5.63. The smallest absolute Gasteiger partial charge is 0.269 e. The van der Waals surface area contributed by atoms with Crippen LogP contribution in [0, 0.1) is 0 Å². The van der Waals surface area contributed by atoms with Gasteiger partial charge in [-0.1, -0.05) is 53.1 Å². The van der Waals surface area contributed by atoms with Crippen molar-refractivity contribution in [3.05, 3.63) is 35.9 Å². The van der Waals surface area contributed by atoms with Gasteiger partial charge in [0, 0.05) is 5.56 Å². The molecule has 0 spiro atoms. The van der Waals surface area contributed by atoms with Crippen LogP contribution in [-0.4, -0.2) is 33.5 Å². The number of rotatable bonds is 5. The highest BCUT2D eigenvalue weighted by molar-refractivity contribution is 8.03. The maximum atomic E-state index is 12.0. The Morgan fingerprint density at radius 3 is 2.45 bits per heavy atom. The lowest BCUT2D eigenvalue weighted by Gasteiger charge is -2.11. The summed E-state index contributed by atoms with van der Waals surface area (Å²) in [5.41, 5.74) is 5.29. The van der Waals surface area contributed by atoms with Gasteiger partial charge in [0.15, 0.2) is 8.68 Å². The molecular formula is C13H14N4O2S3. The molecule has 0 aliphatic rings. The highest BCUT2D eigenvalue weighted by Crippen LogP contribution is 2.29. The Balaban J connectivity index is 1.82. The normalized spacial score (nSPS) is 11.7. The molecule has 6 nitrogen and oxygen atoms in total. The maximum Gasteiger partial charge on any atom is 0.269 e. The minimum absolute atomic E-state index is 0.296. The second-order valence-corrected chi connectivity index (χ2v) is 7.73. The standard InChI is InChI=1S/C13H14N4O2S3/c1-8(21-13-17-16-12(20-2)22-13)10(18)14-15-11(19)9-6-4-3-5-7-9/h3-8H,1-2H3,(H,14,18)(H,15,19)/t8-/m0/s1. The van der Waals surface area contributed by atoms with Gasteiger partial charge in [0.05, 0.1) is 5.25 Å². The first-order chi connectivity index (χ1) is 10.6. The zero-order valence-electron chi connectivity index (χ0n) is 11.9. The van der Waals surface area contributed by atoms with E-state index in [9.17, 15) is 9.59 Å². The third kappa shape index (κ3) is 4.72. The average molecular weight is 354 g/mol. The van der Waals surface area contributed by atoms with Gasteiger partial charge in [-0.2, -0.15) is 0 Å². The SMILES string of the molecule is CSc1nnc(S[C@@H](C)C(=O)NNC(=O)c2ccccc2)s1. The van der Waals surface area contributed by atoms with Crippen molar-refractivity contribution in [1.82, 2.24) is 21.0 Å². The fraction of sp³-hybridized carbons (Fsp3) is 0.231. The Bertz CT molecular complexity index is 648. The van der Waals surface area contributed by atoms with Crippen molar-refractivity contribution in [2.45, 2.75) is 20.9 Å². The second-order valence-electron chi connectivity index (χ2n) is 4.11. The van der Waals surface area contributed by atoms with Crippen molar-refractivity contribution in [2.75, 3.05) is 6.26 Å². The van der Waals surface area contributed by atoms with Gasteiger partial charge < -0.3 is 0 Å². The molecule has 2 N–H and O–H groups in total. The molecule has 0 radical (unpaired) electrons. The number of carbonyl (C=O) groups excluding carboxylic acids is 2. The van der Waals surface area contributed by atoms with Crippen molar-refractivity contribution < 1.29 is 9.59 Å². The van der Waals surface area contributed by atoms with Crippen LogP contribution in [0.15, 0.2) is 39.0 Å². The number of nitrogens with one attached hydrogen (secondary N) is 2. The van der Waals surface area contributed by atoms with E-state index >= 15 is 0 Å². The predicted molar refractivity (Wildman–Crippen MR) is 89.1 cm³/mol. The topological polar surface area (TPSA) is 84.0 Å². The van der Waals surface area contributed by atoms with Crippen molar-refractivity contribution in [2.24, 2.45) is 0 Å². The molecule has 0 aliphatic heterocycles. The van der Waals surface area contributed by atoms with Gasteiger partial charge in [-0.05, 0) is 25.3 Å².